The highest BCUT2D eigenvalue weighted by Crippen LogP contribution is 2.15. The zero-order valence-electron chi connectivity index (χ0n) is 14.3. The van der Waals surface area contributed by atoms with E-state index in [1.54, 1.807) is 12.1 Å². The summed E-state index contributed by atoms with van der Waals surface area (Å²) in [7, 11) is 1.49. The smallest absolute Gasteiger partial charge is 0.325 e. The molecule has 9 heteroatoms. The van der Waals surface area contributed by atoms with Crippen LogP contribution in [0.4, 0.5) is 14.5 Å². The molecule has 0 fully saturated rings. The minimum atomic E-state index is -0.869. The molecular weight excluding hydrogens is 362 g/mol. The number of carbonyl (C=O) groups excluding carboxylic acids is 3. The van der Waals surface area contributed by atoms with Crippen molar-refractivity contribution in [1.82, 2.24) is 5.32 Å². The summed E-state index contributed by atoms with van der Waals surface area (Å²) in [5, 5.41) is 4.41. The van der Waals surface area contributed by atoms with Crippen LogP contribution in [0.1, 0.15) is 10.4 Å². The third-order valence-corrected chi connectivity index (χ3v) is 3.31. The number of hydrogen-bond donors (Lipinski definition) is 2. The van der Waals surface area contributed by atoms with E-state index in [9.17, 15) is 23.2 Å². The number of halogens is 2. The van der Waals surface area contributed by atoms with Gasteiger partial charge in [0.1, 0.15) is 23.9 Å². The van der Waals surface area contributed by atoms with E-state index < -0.39 is 42.6 Å². The van der Waals surface area contributed by atoms with Crippen LogP contribution in [-0.4, -0.2) is 38.0 Å². The second kappa shape index (κ2) is 9.27. The van der Waals surface area contributed by atoms with Crippen LogP contribution in [0, 0.1) is 11.6 Å². The van der Waals surface area contributed by atoms with Crippen LogP contribution < -0.4 is 15.4 Å². The van der Waals surface area contributed by atoms with Gasteiger partial charge < -0.3 is 20.1 Å². The van der Waals surface area contributed by atoms with Gasteiger partial charge in [-0.1, -0.05) is 0 Å². The number of methoxy groups -OCH3 is 1. The number of hydrogen-bond acceptors (Lipinski definition) is 5. The lowest BCUT2D eigenvalue weighted by Gasteiger charge is -2.08. The van der Waals surface area contributed by atoms with Crippen LogP contribution in [0.3, 0.4) is 0 Å². The molecule has 7 nitrogen and oxygen atoms in total. The van der Waals surface area contributed by atoms with Crippen LogP contribution >= 0.6 is 0 Å². The lowest BCUT2D eigenvalue weighted by molar-refractivity contribution is -0.146. The first kappa shape index (κ1) is 19.8. The quantitative estimate of drug-likeness (QED) is 0.718. The van der Waals surface area contributed by atoms with Gasteiger partial charge in [0, 0.05) is 11.6 Å². The van der Waals surface area contributed by atoms with Crippen molar-refractivity contribution >= 4 is 23.5 Å². The standard InChI is InChI=1S/C18H16F2N2O5/c1-26-13-5-2-11(3-6-13)18(25)21-9-17(24)27-10-16(23)22-15-8-12(19)4-7-14(15)20/h2-8H,9-10H2,1H3,(H,21,25)(H,22,23). The van der Waals surface area contributed by atoms with Gasteiger partial charge in [0.2, 0.25) is 0 Å². The number of anilines is 1. The summed E-state index contributed by atoms with van der Waals surface area (Å²) in [6.07, 6.45) is 0. The molecule has 0 saturated heterocycles. The molecule has 0 aliphatic heterocycles. The molecule has 0 aromatic heterocycles. The minimum absolute atomic E-state index is 0.308. The van der Waals surface area contributed by atoms with Crippen LogP contribution in [0.5, 0.6) is 5.75 Å². The van der Waals surface area contributed by atoms with E-state index in [1.165, 1.54) is 19.2 Å². The van der Waals surface area contributed by atoms with Crippen LogP contribution in [0.2, 0.25) is 0 Å². The van der Waals surface area contributed by atoms with Gasteiger partial charge in [-0.2, -0.15) is 0 Å². The van der Waals surface area contributed by atoms with Gasteiger partial charge >= 0.3 is 5.97 Å². The van der Waals surface area contributed by atoms with E-state index in [0.717, 1.165) is 18.2 Å². The molecular formula is C18H16F2N2O5. The Morgan fingerprint density at radius 2 is 1.74 bits per heavy atom. The summed E-state index contributed by atoms with van der Waals surface area (Å²) in [5.41, 5.74) is -0.0632. The Balaban J connectivity index is 1.75. The van der Waals surface area contributed by atoms with Gasteiger partial charge in [-0.25, -0.2) is 8.78 Å². The lowest BCUT2D eigenvalue weighted by Crippen LogP contribution is -2.32. The normalized spacial score (nSPS) is 10.0. The topological polar surface area (TPSA) is 93.7 Å². The van der Waals surface area contributed by atoms with Gasteiger partial charge in [-0.15, -0.1) is 0 Å². The molecule has 142 valence electrons. The van der Waals surface area contributed by atoms with E-state index >= 15 is 0 Å². The average Bonchev–Trinajstić information content (AvgIpc) is 2.67. The van der Waals surface area contributed by atoms with Crippen molar-refractivity contribution < 1.29 is 32.6 Å². The van der Waals surface area contributed by atoms with Crippen LogP contribution in [-0.2, 0) is 14.3 Å². The van der Waals surface area contributed by atoms with Crippen LogP contribution in [0.15, 0.2) is 42.5 Å². The second-order valence-electron chi connectivity index (χ2n) is 5.24. The summed E-state index contributed by atoms with van der Waals surface area (Å²) in [5.74, 6) is -3.22. The molecule has 0 heterocycles. The fraction of sp³-hybridized carbons (Fsp3) is 0.167. The van der Waals surface area contributed by atoms with Crippen molar-refractivity contribution in [3.8, 4) is 5.75 Å². The molecule has 0 aliphatic rings. The largest absolute Gasteiger partial charge is 0.497 e. The van der Waals surface area contributed by atoms with E-state index in [2.05, 4.69) is 15.4 Å². The fourth-order valence-corrected chi connectivity index (χ4v) is 1.97. The van der Waals surface area contributed by atoms with Gasteiger partial charge in [0.25, 0.3) is 11.8 Å². The first-order valence-corrected chi connectivity index (χ1v) is 7.72. The molecule has 0 spiro atoms. The highest BCUT2D eigenvalue weighted by molar-refractivity contribution is 5.96. The molecule has 2 N–H and O–H groups in total. The number of nitrogens with one attached hydrogen (secondary N) is 2. The lowest BCUT2D eigenvalue weighted by atomic mass is 10.2. The zero-order valence-corrected chi connectivity index (χ0v) is 14.3. The summed E-state index contributed by atoms with van der Waals surface area (Å²) in [6.45, 7) is -1.18. The van der Waals surface area contributed by atoms with E-state index in [0.29, 0.717) is 11.3 Å². The Morgan fingerprint density at radius 1 is 1.04 bits per heavy atom. The second-order valence-corrected chi connectivity index (χ2v) is 5.24. The molecule has 0 radical (unpaired) electrons. The fourth-order valence-electron chi connectivity index (χ4n) is 1.97. The summed E-state index contributed by atoms with van der Waals surface area (Å²) in [4.78, 5) is 35.1. The van der Waals surface area contributed by atoms with E-state index in [-0.39, 0.29) is 5.69 Å². The Kier molecular flexibility index (Phi) is 6.81. The third kappa shape index (κ3) is 6.07. The van der Waals surface area contributed by atoms with Crippen molar-refractivity contribution in [2.24, 2.45) is 0 Å². The Hall–Kier alpha value is -3.49. The van der Waals surface area contributed by atoms with E-state index in [1.807, 2.05) is 0 Å². The molecule has 2 aromatic rings. The SMILES string of the molecule is COc1ccc(C(=O)NCC(=O)OCC(=O)Nc2cc(F)ccc2F)cc1. The first-order chi connectivity index (χ1) is 12.9. The number of esters is 1. The van der Waals surface area contributed by atoms with Gasteiger partial charge in [-0.3, -0.25) is 14.4 Å². The molecule has 0 bridgehead atoms. The monoisotopic (exact) mass is 378 g/mol. The first-order valence-electron chi connectivity index (χ1n) is 7.72. The Morgan fingerprint density at radius 3 is 2.41 bits per heavy atom. The minimum Gasteiger partial charge on any atom is -0.497 e. The van der Waals surface area contributed by atoms with Gasteiger partial charge in [0.15, 0.2) is 6.61 Å². The van der Waals surface area contributed by atoms with Crippen molar-refractivity contribution in [1.29, 1.82) is 0 Å². The average molecular weight is 378 g/mol. The molecule has 2 rings (SSSR count). The molecule has 27 heavy (non-hydrogen) atoms. The van der Waals surface area contributed by atoms with Crippen LogP contribution in [0.25, 0.3) is 0 Å². The number of carbonyl (C=O) groups is 3. The summed E-state index contributed by atoms with van der Waals surface area (Å²) < 4.78 is 36.1. The summed E-state index contributed by atoms with van der Waals surface area (Å²) in [6, 6.07) is 8.75. The number of benzene rings is 2. The van der Waals surface area contributed by atoms with Gasteiger partial charge in [-0.05, 0) is 36.4 Å². The number of rotatable bonds is 7. The predicted molar refractivity (Wildman–Crippen MR) is 91.3 cm³/mol. The molecule has 0 saturated carbocycles. The number of ether oxygens (including phenoxy) is 2. The number of amides is 2. The summed E-state index contributed by atoms with van der Waals surface area (Å²) >= 11 is 0. The highest BCUT2D eigenvalue weighted by atomic mass is 19.1. The Labute approximate surface area is 153 Å². The maximum Gasteiger partial charge on any atom is 0.325 e. The molecule has 0 unspecified atom stereocenters. The predicted octanol–water partition coefficient (Wildman–Crippen LogP) is 1.89. The van der Waals surface area contributed by atoms with E-state index in [4.69, 9.17) is 4.74 Å². The van der Waals surface area contributed by atoms with Crippen molar-refractivity contribution in [3.63, 3.8) is 0 Å². The molecule has 2 amide bonds. The van der Waals surface area contributed by atoms with Gasteiger partial charge in [0.05, 0.1) is 12.8 Å². The maximum atomic E-state index is 13.4. The third-order valence-electron chi connectivity index (χ3n) is 3.31. The molecule has 0 atom stereocenters. The van der Waals surface area contributed by atoms with Crippen molar-refractivity contribution in [2.45, 2.75) is 0 Å². The van der Waals surface area contributed by atoms with Crippen molar-refractivity contribution in [2.75, 3.05) is 25.6 Å². The highest BCUT2D eigenvalue weighted by Gasteiger charge is 2.13. The van der Waals surface area contributed by atoms with Crippen molar-refractivity contribution in [3.05, 3.63) is 59.7 Å². The molecule has 2 aromatic carbocycles. The maximum absolute atomic E-state index is 13.4. The Bertz CT molecular complexity index is 840. The molecule has 0 aliphatic carbocycles. The zero-order chi connectivity index (χ0) is 19.8.